The van der Waals surface area contributed by atoms with Gasteiger partial charge in [0.15, 0.2) is 6.10 Å². The Kier molecular flexibility index (Phi) is 7.22. The van der Waals surface area contributed by atoms with E-state index in [-0.39, 0.29) is 23.6 Å². The molecule has 0 bridgehead atoms. The molecule has 2 aliphatic heterocycles. The molecule has 4 rings (SSSR count). The Morgan fingerprint density at radius 1 is 1.18 bits per heavy atom. The summed E-state index contributed by atoms with van der Waals surface area (Å²) in [7, 11) is 0. The number of ether oxygens (including phenoxy) is 2. The molecule has 3 N–H and O–H groups in total. The maximum absolute atomic E-state index is 13.1. The van der Waals surface area contributed by atoms with Gasteiger partial charge in [-0.2, -0.15) is 0 Å². The summed E-state index contributed by atoms with van der Waals surface area (Å²) < 4.78 is 11.3. The van der Waals surface area contributed by atoms with Crippen molar-refractivity contribution >= 4 is 23.5 Å². The predicted octanol–water partition coefficient (Wildman–Crippen LogP) is 3.61. The van der Waals surface area contributed by atoms with Crippen molar-refractivity contribution in [3.8, 4) is 5.75 Å². The third-order valence-corrected chi connectivity index (χ3v) is 6.98. The molecule has 2 fully saturated rings. The molecule has 8 heteroatoms. The number of esters is 1. The lowest BCUT2D eigenvalue weighted by Crippen LogP contribution is -2.48. The van der Waals surface area contributed by atoms with Crippen LogP contribution >= 0.6 is 11.6 Å². The number of phenols is 1. The Balaban J connectivity index is 1.35. The lowest BCUT2D eigenvalue weighted by atomic mass is 9.85. The summed E-state index contributed by atoms with van der Waals surface area (Å²) in [5, 5.41) is 10.9. The molecule has 0 unspecified atom stereocenters. The minimum absolute atomic E-state index is 0.106. The van der Waals surface area contributed by atoms with Crippen LogP contribution in [0.1, 0.15) is 46.8 Å². The van der Waals surface area contributed by atoms with E-state index in [0.29, 0.717) is 55.1 Å². The highest BCUT2D eigenvalue weighted by Crippen LogP contribution is 2.36. The smallest absolute Gasteiger partial charge is 0.338 e. The third kappa shape index (κ3) is 5.16. The molecule has 176 valence electrons. The van der Waals surface area contributed by atoms with Gasteiger partial charge in [0.1, 0.15) is 11.9 Å². The Labute approximate surface area is 198 Å². The summed E-state index contributed by atoms with van der Waals surface area (Å²) in [6, 6.07) is 11.7. The maximum atomic E-state index is 13.1. The highest BCUT2D eigenvalue weighted by molar-refractivity contribution is 6.31. The molecule has 2 aromatic rings. The van der Waals surface area contributed by atoms with Crippen molar-refractivity contribution in [1.29, 1.82) is 0 Å². The van der Waals surface area contributed by atoms with Crippen LogP contribution < -0.4 is 5.73 Å². The van der Waals surface area contributed by atoms with Gasteiger partial charge in [-0.05, 0) is 55.5 Å². The zero-order valence-electron chi connectivity index (χ0n) is 18.6. The van der Waals surface area contributed by atoms with Crippen molar-refractivity contribution < 1.29 is 24.2 Å². The number of carbonyl (C=O) groups is 2. The molecule has 1 amide bonds. The number of hydrogen-bond donors (Lipinski definition) is 2. The van der Waals surface area contributed by atoms with E-state index in [2.05, 4.69) is 0 Å². The Bertz CT molecular complexity index is 1010. The van der Waals surface area contributed by atoms with E-state index in [9.17, 15) is 14.7 Å². The normalized spacial score (nSPS) is 22.2. The minimum atomic E-state index is -0.789. The first kappa shape index (κ1) is 23.5. The lowest BCUT2D eigenvalue weighted by molar-refractivity contribution is -0.146. The molecule has 7 nitrogen and oxygen atoms in total. The van der Waals surface area contributed by atoms with Gasteiger partial charge < -0.3 is 25.2 Å². The average molecular weight is 473 g/mol. The number of aryl methyl sites for hydroxylation is 1. The van der Waals surface area contributed by atoms with Crippen LogP contribution in [0.5, 0.6) is 5.75 Å². The molecule has 0 radical (unpaired) electrons. The highest BCUT2D eigenvalue weighted by atomic mass is 35.5. The van der Waals surface area contributed by atoms with Crippen molar-refractivity contribution in [3.05, 3.63) is 64.2 Å². The van der Waals surface area contributed by atoms with Crippen molar-refractivity contribution in [1.82, 2.24) is 4.90 Å². The molecule has 0 saturated carbocycles. The molecule has 3 atom stereocenters. The number of hydrogen-bond acceptors (Lipinski definition) is 6. The van der Waals surface area contributed by atoms with E-state index < -0.39 is 18.2 Å². The number of carbonyl (C=O) groups excluding carboxylic acids is 2. The van der Waals surface area contributed by atoms with Gasteiger partial charge in [-0.3, -0.25) is 4.79 Å². The van der Waals surface area contributed by atoms with Crippen LogP contribution in [0.3, 0.4) is 0 Å². The van der Waals surface area contributed by atoms with Crippen LogP contribution in [0.15, 0.2) is 42.5 Å². The Hall–Kier alpha value is -2.61. The van der Waals surface area contributed by atoms with Gasteiger partial charge in [0.05, 0.1) is 12.2 Å². The molecule has 0 aromatic heterocycles. The first-order chi connectivity index (χ1) is 15.8. The second kappa shape index (κ2) is 10.1. The lowest BCUT2D eigenvalue weighted by Gasteiger charge is -2.36. The van der Waals surface area contributed by atoms with Crippen molar-refractivity contribution in [2.24, 2.45) is 11.7 Å². The number of piperidine rings is 1. The quantitative estimate of drug-likeness (QED) is 0.644. The Morgan fingerprint density at radius 3 is 2.58 bits per heavy atom. The molecule has 0 spiro atoms. The second-order valence-corrected chi connectivity index (χ2v) is 9.15. The second-order valence-electron chi connectivity index (χ2n) is 8.74. The summed E-state index contributed by atoms with van der Waals surface area (Å²) >= 11 is 6.23. The largest absolute Gasteiger partial charge is 0.508 e. The SMILES string of the molecule is Cc1cc(O)c([C@H](N)C2CCN(C(=O)[C@@H]3OCC[C@@H]3OC(=O)c3ccccc3)CC2)cc1Cl. The molecule has 0 aliphatic carbocycles. The first-order valence-electron chi connectivity index (χ1n) is 11.3. The fourth-order valence-electron chi connectivity index (χ4n) is 4.56. The fourth-order valence-corrected chi connectivity index (χ4v) is 4.73. The number of phenolic OH excluding ortho intramolecular Hbond substituents is 1. The van der Waals surface area contributed by atoms with Crippen LogP contribution in [0.25, 0.3) is 0 Å². The summed E-state index contributed by atoms with van der Waals surface area (Å²) in [4.78, 5) is 27.3. The molecule has 2 heterocycles. The topological polar surface area (TPSA) is 102 Å². The van der Waals surface area contributed by atoms with Gasteiger partial charge in [0.25, 0.3) is 5.91 Å². The molecule has 2 saturated heterocycles. The molecule has 33 heavy (non-hydrogen) atoms. The number of likely N-dealkylation sites (tertiary alicyclic amines) is 1. The highest BCUT2D eigenvalue weighted by Gasteiger charge is 2.41. The molecular weight excluding hydrogens is 444 g/mol. The van der Waals surface area contributed by atoms with E-state index in [1.807, 2.05) is 13.0 Å². The van der Waals surface area contributed by atoms with Gasteiger partial charge in [-0.15, -0.1) is 0 Å². The number of amides is 1. The van der Waals surface area contributed by atoms with E-state index in [1.54, 1.807) is 41.3 Å². The summed E-state index contributed by atoms with van der Waals surface area (Å²) in [5.74, 6) is -0.364. The van der Waals surface area contributed by atoms with Crippen LogP contribution in [0.4, 0.5) is 0 Å². The number of nitrogens with two attached hydrogens (primary N) is 1. The molecule has 2 aromatic carbocycles. The van der Waals surface area contributed by atoms with Crippen LogP contribution in [-0.2, 0) is 14.3 Å². The third-order valence-electron chi connectivity index (χ3n) is 6.57. The van der Waals surface area contributed by atoms with Gasteiger partial charge in [0.2, 0.25) is 0 Å². The van der Waals surface area contributed by atoms with E-state index in [1.165, 1.54) is 0 Å². The average Bonchev–Trinajstić information content (AvgIpc) is 3.29. The number of aromatic hydroxyl groups is 1. The van der Waals surface area contributed by atoms with E-state index in [4.69, 9.17) is 26.8 Å². The molecular formula is C25H29ClN2O5. The number of benzene rings is 2. The van der Waals surface area contributed by atoms with E-state index >= 15 is 0 Å². The standard InChI is InChI=1S/C25H29ClN2O5/c1-15-13-20(29)18(14-19(15)26)22(27)16-7-10-28(11-8-16)24(30)23-21(9-12-32-23)33-25(31)17-5-3-2-4-6-17/h2-6,13-14,16,21-23,29H,7-12,27H2,1H3/t21-,22+,23+/m0/s1. The fraction of sp³-hybridized carbons (Fsp3) is 0.440. The monoisotopic (exact) mass is 472 g/mol. The van der Waals surface area contributed by atoms with Crippen molar-refractivity contribution in [2.75, 3.05) is 19.7 Å². The first-order valence-corrected chi connectivity index (χ1v) is 11.6. The maximum Gasteiger partial charge on any atom is 0.338 e. The van der Waals surface area contributed by atoms with Crippen LogP contribution in [0.2, 0.25) is 5.02 Å². The summed E-state index contributed by atoms with van der Waals surface area (Å²) in [6.07, 6.45) is 0.488. The Morgan fingerprint density at radius 2 is 1.88 bits per heavy atom. The van der Waals surface area contributed by atoms with Gasteiger partial charge in [-0.25, -0.2) is 4.79 Å². The van der Waals surface area contributed by atoms with Gasteiger partial charge in [-0.1, -0.05) is 29.8 Å². The van der Waals surface area contributed by atoms with Crippen molar-refractivity contribution in [2.45, 2.75) is 44.4 Å². The van der Waals surface area contributed by atoms with Crippen LogP contribution in [0, 0.1) is 12.8 Å². The number of halogens is 1. The van der Waals surface area contributed by atoms with Crippen molar-refractivity contribution in [3.63, 3.8) is 0 Å². The summed E-state index contributed by atoms with van der Waals surface area (Å²) in [5.41, 5.74) is 8.33. The zero-order valence-corrected chi connectivity index (χ0v) is 19.3. The van der Waals surface area contributed by atoms with Gasteiger partial charge in [0, 0.05) is 36.1 Å². The predicted molar refractivity (Wildman–Crippen MR) is 124 cm³/mol. The number of nitrogens with zero attached hydrogens (tertiary/aromatic N) is 1. The number of rotatable bonds is 5. The zero-order chi connectivity index (χ0) is 23.5. The van der Waals surface area contributed by atoms with Gasteiger partial charge >= 0.3 is 5.97 Å². The summed E-state index contributed by atoms with van der Waals surface area (Å²) in [6.45, 7) is 3.25. The minimum Gasteiger partial charge on any atom is -0.508 e. The van der Waals surface area contributed by atoms with E-state index in [0.717, 1.165) is 5.56 Å². The molecule has 2 aliphatic rings. The van der Waals surface area contributed by atoms with Crippen LogP contribution in [-0.4, -0.2) is 53.8 Å².